The van der Waals surface area contributed by atoms with Crippen LogP contribution >= 0.6 is 0 Å². The summed E-state index contributed by atoms with van der Waals surface area (Å²) in [4.78, 5) is 84.8. The second kappa shape index (κ2) is 15.2. The monoisotopic (exact) mass is 652 g/mol. The SMILES string of the molecule is Cc1cc(C(=O)N2CCCNC(=O)c3nn(C)c4c3CC(CC4)N(CCC(C)C)C(=O)CCC2)c2c(=O)[nH]c(=O)n(C)c2n1.O=CO. The number of pyridine rings is 1. The van der Waals surface area contributed by atoms with Crippen LogP contribution in [0.2, 0.25) is 0 Å². The standard InChI is InChI=1S/C31H42N8O5.CH2O2/c1-18(2)11-15-39-20-9-10-23-21(17-20)26(35-37(23)5)29(42)32-12-7-14-38(13-6-8-24(39)40)30(43)22-16-19(3)33-27-25(22)28(41)34-31(44)36(27)4;2-1-3/h16,18,20H,6-15,17H2,1-5H3,(H,32,42)(H,34,41,44);1H,(H,2,3). The molecule has 1 atom stereocenters. The third-order valence-electron chi connectivity index (χ3n) is 8.78. The number of aromatic amines is 1. The van der Waals surface area contributed by atoms with Crippen molar-refractivity contribution < 1.29 is 24.3 Å². The third-order valence-corrected chi connectivity index (χ3v) is 8.78. The molecule has 0 fully saturated rings. The van der Waals surface area contributed by atoms with Crippen molar-refractivity contribution in [3.8, 4) is 0 Å². The molecule has 0 radical (unpaired) electrons. The summed E-state index contributed by atoms with van der Waals surface area (Å²) in [6, 6.07) is 1.53. The smallest absolute Gasteiger partial charge is 0.329 e. The Balaban J connectivity index is 0.00000160. The number of carbonyl (C=O) groups is 4. The number of hydrogen-bond donors (Lipinski definition) is 3. The Morgan fingerprint density at radius 2 is 1.83 bits per heavy atom. The molecule has 2 bridgehead atoms. The molecule has 1 unspecified atom stereocenters. The fourth-order valence-electron chi connectivity index (χ4n) is 6.36. The van der Waals surface area contributed by atoms with Crippen LogP contribution in [0.3, 0.4) is 0 Å². The molecule has 47 heavy (non-hydrogen) atoms. The van der Waals surface area contributed by atoms with Crippen molar-refractivity contribution in [3.63, 3.8) is 0 Å². The average Bonchev–Trinajstić information content (AvgIpc) is 3.35. The third kappa shape index (κ3) is 7.77. The van der Waals surface area contributed by atoms with E-state index < -0.39 is 17.2 Å². The van der Waals surface area contributed by atoms with Gasteiger partial charge in [0, 0.05) is 69.7 Å². The van der Waals surface area contributed by atoms with E-state index in [1.165, 1.54) is 11.6 Å². The Labute approximate surface area is 272 Å². The molecule has 0 spiro atoms. The summed E-state index contributed by atoms with van der Waals surface area (Å²) in [6.07, 6.45) is 4.18. The highest BCUT2D eigenvalue weighted by Gasteiger charge is 2.33. The Hall–Kier alpha value is -4.82. The quantitative estimate of drug-likeness (QED) is 0.347. The fourth-order valence-corrected chi connectivity index (χ4v) is 6.36. The normalized spacial score (nSPS) is 17.4. The number of fused-ring (bicyclic) bond motifs is 2. The number of carboxylic acid groups (broad SMARTS) is 1. The van der Waals surface area contributed by atoms with Gasteiger partial charge in [0.05, 0.1) is 10.9 Å². The first kappa shape index (κ1) is 35.0. The van der Waals surface area contributed by atoms with Crippen LogP contribution in [0, 0.1) is 12.8 Å². The highest BCUT2D eigenvalue weighted by molar-refractivity contribution is 6.05. The number of rotatable bonds is 4. The van der Waals surface area contributed by atoms with Crippen molar-refractivity contribution in [1.82, 2.24) is 39.4 Å². The van der Waals surface area contributed by atoms with Crippen molar-refractivity contribution in [1.29, 1.82) is 0 Å². The predicted octanol–water partition coefficient (Wildman–Crippen LogP) is 1.15. The van der Waals surface area contributed by atoms with E-state index >= 15 is 0 Å². The van der Waals surface area contributed by atoms with Gasteiger partial charge in [0.2, 0.25) is 5.91 Å². The maximum atomic E-state index is 14.0. The van der Waals surface area contributed by atoms with Crippen LogP contribution in [0.15, 0.2) is 15.7 Å². The van der Waals surface area contributed by atoms with Gasteiger partial charge in [-0.15, -0.1) is 0 Å². The van der Waals surface area contributed by atoms with E-state index in [1.807, 2.05) is 11.9 Å². The Bertz CT molecular complexity index is 1770. The lowest BCUT2D eigenvalue weighted by Gasteiger charge is -2.35. The first-order valence-corrected chi connectivity index (χ1v) is 16.0. The fraction of sp³-hybridized carbons (Fsp3) is 0.562. The zero-order valence-electron chi connectivity index (χ0n) is 27.7. The van der Waals surface area contributed by atoms with E-state index in [1.54, 1.807) is 22.6 Å². The van der Waals surface area contributed by atoms with Crippen LogP contribution in [0.1, 0.15) is 83.7 Å². The van der Waals surface area contributed by atoms with Gasteiger partial charge in [0.1, 0.15) is 5.65 Å². The van der Waals surface area contributed by atoms with Crippen molar-refractivity contribution >= 4 is 35.2 Å². The summed E-state index contributed by atoms with van der Waals surface area (Å²) in [5, 5.41) is 14.5. The molecule has 2 aliphatic rings. The van der Waals surface area contributed by atoms with Crippen molar-refractivity contribution in [2.24, 2.45) is 20.0 Å². The number of nitrogens with one attached hydrogen (secondary N) is 2. The van der Waals surface area contributed by atoms with Gasteiger partial charge in [-0.2, -0.15) is 5.10 Å². The summed E-state index contributed by atoms with van der Waals surface area (Å²) in [6.45, 7) is 7.26. The average molecular weight is 653 g/mol. The highest BCUT2D eigenvalue weighted by atomic mass is 16.3. The van der Waals surface area contributed by atoms with E-state index in [4.69, 9.17) is 9.90 Å². The van der Waals surface area contributed by atoms with Crippen LogP contribution in [-0.2, 0) is 36.5 Å². The van der Waals surface area contributed by atoms with E-state index in [0.29, 0.717) is 62.7 Å². The first-order valence-electron chi connectivity index (χ1n) is 16.0. The number of nitrogens with zero attached hydrogens (tertiary/aromatic N) is 6. The largest absolute Gasteiger partial charge is 0.483 e. The summed E-state index contributed by atoms with van der Waals surface area (Å²) in [5.41, 5.74) is 1.82. The lowest BCUT2D eigenvalue weighted by atomic mass is 9.89. The molecular weight excluding hydrogens is 608 g/mol. The second-order valence-corrected chi connectivity index (χ2v) is 12.5. The van der Waals surface area contributed by atoms with Gasteiger partial charge in [-0.25, -0.2) is 9.78 Å². The number of carbonyl (C=O) groups excluding carboxylic acids is 3. The lowest BCUT2D eigenvalue weighted by Crippen LogP contribution is -2.45. The number of aromatic nitrogens is 5. The molecule has 0 aromatic carbocycles. The highest BCUT2D eigenvalue weighted by Crippen LogP contribution is 2.28. The van der Waals surface area contributed by atoms with Gasteiger partial charge >= 0.3 is 5.69 Å². The van der Waals surface area contributed by atoms with E-state index in [-0.39, 0.29) is 47.3 Å². The van der Waals surface area contributed by atoms with Crippen LogP contribution in [0.4, 0.5) is 0 Å². The van der Waals surface area contributed by atoms with Crippen molar-refractivity contribution in [2.45, 2.75) is 71.8 Å². The van der Waals surface area contributed by atoms with Crippen LogP contribution in [0.25, 0.3) is 11.0 Å². The lowest BCUT2D eigenvalue weighted by molar-refractivity contribution is -0.134. The Morgan fingerprint density at radius 1 is 1.13 bits per heavy atom. The minimum absolute atomic E-state index is 0.0307. The van der Waals surface area contributed by atoms with Gasteiger partial charge in [-0.1, -0.05) is 13.8 Å². The van der Waals surface area contributed by atoms with Gasteiger partial charge in [0.15, 0.2) is 5.69 Å². The molecule has 1 aliphatic carbocycles. The molecule has 254 valence electrons. The van der Waals surface area contributed by atoms with Gasteiger partial charge in [0.25, 0.3) is 23.8 Å². The summed E-state index contributed by atoms with van der Waals surface area (Å²) in [5.74, 6) is -0.198. The summed E-state index contributed by atoms with van der Waals surface area (Å²) >= 11 is 0. The number of amides is 3. The molecule has 1 aliphatic heterocycles. The Morgan fingerprint density at radius 3 is 2.53 bits per heavy atom. The van der Waals surface area contributed by atoms with Gasteiger partial charge < -0.3 is 20.2 Å². The van der Waals surface area contributed by atoms with Crippen LogP contribution in [0.5, 0.6) is 0 Å². The van der Waals surface area contributed by atoms with E-state index in [9.17, 15) is 24.0 Å². The summed E-state index contributed by atoms with van der Waals surface area (Å²) < 4.78 is 3.00. The molecule has 15 heteroatoms. The molecular formula is C32H44N8O7. The minimum atomic E-state index is -0.678. The van der Waals surface area contributed by atoms with Crippen molar-refractivity contribution in [3.05, 3.63) is 55.1 Å². The molecule has 3 aromatic rings. The molecule has 15 nitrogen and oxygen atoms in total. The molecule has 0 saturated carbocycles. The molecule has 4 heterocycles. The zero-order valence-corrected chi connectivity index (χ0v) is 27.7. The molecule has 0 saturated heterocycles. The van der Waals surface area contributed by atoms with Gasteiger partial charge in [-0.3, -0.25) is 38.2 Å². The van der Waals surface area contributed by atoms with Crippen LogP contribution in [-0.4, -0.2) is 95.6 Å². The Kier molecular flexibility index (Phi) is 11.3. The zero-order chi connectivity index (χ0) is 34.4. The number of aryl methyl sites for hydroxylation is 3. The van der Waals surface area contributed by atoms with E-state index in [2.05, 4.69) is 34.2 Å². The molecule has 3 amide bonds. The maximum absolute atomic E-state index is 14.0. The van der Waals surface area contributed by atoms with Crippen molar-refractivity contribution in [2.75, 3.05) is 26.2 Å². The number of hydrogen-bond acceptors (Lipinski definition) is 8. The number of H-pyrrole nitrogens is 1. The molecule has 3 aromatic heterocycles. The maximum Gasteiger partial charge on any atom is 0.329 e. The van der Waals surface area contributed by atoms with E-state index in [0.717, 1.165) is 30.5 Å². The molecule has 3 N–H and O–H groups in total. The molecule has 5 rings (SSSR count). The predicted molar refractivity (Wildman–Crippen MR) is 173 cm³/mol. The minimum Gasteiger partial charge on any atom is -0.483 e. The second-order valence-electron chi connectivity index (χ2n) is 12.5. The first-order chi connectivity index (χ1) is 22.4. The topological polar surface area (TPSA) is 193 Å². The van der Waals surface area contributed by atoms with Gasteiger partial charge in [-0.05, 0) is 57.4 Å². The van der Waals surface area contributed by atoms with Crippen LogP contribution < -0.4 is 16.6 Å². The summed E-state index contributed by atoms with van der Waals surface area (Å²) in [7, 11) is 3.35.